The third-order valence-corrected chi connectivity index (χ3v) is 5.46. The van der Waals surface area contributed by atoms with E-state index in [1.165, 1.54) is 11.1 Å². The molecule has 0 aliphatic heterocycles. The molecule has 3 rings (SSSR count). The van der Waals surface area contributed by atoms with Gasteiger partial charge in [0.05, 0.1) is 5.92 Å². The number of aliphatic carboxylic acids is 1. The average Bonchev–Trinajstić information content (AvgIpc) is 3.00. The van der Waals surface area contributed by atoms with Gasteiger partial charge in [0.1, 0.15) is 6.61 Å². The minimum atomic E-state index is -0.900. The van der Waals surface area contributed by atoms with Crippen LogP contribution in [0.4, 0.5) is 4.79 Å². The molecule has 0 saturated heterocycles. The first-order valence-corrected chi connectivity index (χ1v) is 9.34. The number of carboxylic acids is 1. The lowest BCUT2D eigenvalue weighted by molar-refractivity contribution is -0.143. The molecule has 0 unspecified atom stereocenters. The summed E-state index contributed by atoms with van der Waals surface area (Å²) in [5.74, 6) is -1.54. The highest BCUT2D eigenvalue weighted by Gasteiger charge is 2.29. The van der Waals surface area contributed by atoms with Crippen molar-refractivity contribution in [3.05, 3.63) is 59.7 Å². The van der Waals surface area contributed by atoms with E-state index in [9.17, 15) is 14.7 Å². The number of hydrogen-bond acceptors (Lipinski definition) is 3. The van der Waals surface area contributed by atoms with Crippen LogP contribution in [-0.2, 0) is 9.53 Å². The van der Waals surface area contributed by atoms with Crippen molar-refractivity contribution in [3.63, 3.8) is 0 Å². The van der Waals surface area contributed by atoms with Crippen molar-refractivity contribution in [2.75, 3.05) is 13.2 Å². The number of fused-ring (bicyclic) bond motifs is 3. The maximum absolute atomic E-state index is 12.1. The fraction of sp³-hybridized carbons (Fsp3) is 0.364. The molecule has 1 aliphatic rings. The van der Waals surface area contributed by atoms with Gasteiger partial charge in [0.15, 0.2) is 0 Å². The number of carbonyl (C=O) groups excluding carboxylic acids is 1. The molecule has 27 heavy (non-hydrogen) atoms. The average molecular weight is 367 g/mol. The molecule has 0 fully saturated rings. The minimum Gasteiger partial charge on any atom is -0.481 e. The van der Waals surface area contributed by atoms with E-state index in [1.54, 1.807) is 0 Å². The number of amides is 1. The van der Waals surface area contributed by atoms with Crippen molar-refractivity contribution in [3.8, 4) is 11.1 Å². The second kappa shape index (κ2) is 8.25. The first-order chi connectivity index (χ1) is 13.0. The molecular weight excluding hydrogens is 342 g/mol. The number of benzene rings is 2. The lowest BCUT2D eigenvalue weighted by atomic mass is 9.92. The normalized spacial score (nSPS) is 14.7. The number of carbonyl (C=O) groups is 2. The smallest absolute Gasteiger partial charge is 0.407 e. The quantitative estimate of drug-likeness (QED) is 0.766. The highest BCUT2D eigenvalue weighted by Crippen LogP contribution is 2.44. The molecule has 0 saturated carbocycles. The van der Waals surface area contributed by atoms with Crippen LogP contribution in [0.3, 0.4) is 0 Å². The molecule has 0 bridgehead atoms. The third-order valence-electron chi connectivity index (χ3n) is 5.46. The number of nitrogens with one attached hydrogen (secondary N) is 1. The molecule has 5 heteroatoms. The van der Waals surface area contributed by atoms with Crippen LogP contribution in [-0.4, -0.2) is 30.3 Å². The summed E-state index contributed by atoms with van der Waals surface area (Å²) in [7, 11) is 0. The van der Waals surface area contributed by atoms with E-state index in [1.807, 2.05) is 38.1 Å². The molecule has 1 amide bonds. The van der Waals surface area contributed by atoms with Gasteiger partial charge >= 0.3 is 12.1 Å². The van der Waals surface area contributed by atoms with Gasteiger partial charge in [0, 0.05) is 12.5 Å². The fourth-order valence-corrected chi connectivity index (χ4v) is 3.66. The zero-order valence-electron chi connectivity index (χ0n) is 15.6. The van der Waals surface area contributed by atoms with Crippen LogP contribution < -0.4 is 5.32 Å². The molecule has 0 radical (unpaired) electrons. The summed E-state index contributed by atoms with van der Waals surface area (Å²) in [4.78, 5) is 23.5. The number of hydrogen-bond donors (Lipinski definition) is 2. The summed E-state index contributed by atoms with van der Waals surface area (Å²) in [5, 5.41) is 11.9. The molecule has 0 heterocycles. The van der Waals surface area contributed by atoms with E-state index >= 15 is 0 Å². The summed E-state index contributed by atoms with van der Waals surface area (Å²) >= 11 is 0. The molecule has 1 aliphatic carbocycles. The predicted octanol–water partition coefficient (Wildman–Crippen LogP) is 4.27. The van der Waals surface area contributed by atoms with Crippen LogP contribution in [0, 0.1) is 11.8 Å². The van der Waals surface area contributed by atoms with Gasteiger partial charge in [-0.15, -0.1) is 0 Å². The Bertz CT molecular complexity index is 787. The SMILES string of the molecule is CC[C@H](C)[C@@H](CNC(=O)OCC1c2ccccc2-c2ccccc21)C(=O)O. The third kappa shape index (κ3) is 3.97. The van der Waals surface area contributed by atoms with E-state index in [-0.39, 0.29) is 25.0 Å². The van der Waals surface area contributed by atoms with E-state index in [0.29, 0.717) is 0 Å². The number of alkyl carbamates (subject to hydrolysis) is 1. The van der Waals surface area contributed by atoms with E-state index in [0.717, 1.165) is 17.5 Å². The largest absolute Gasteiger partial charge is 0.481 e. The Kier molecular flexibility index (Phi) is 5.79. The molecule has 142 valence electrons. The lowest BCUT2D eigenvalue weighted by Crippen LogP contribution is -2.36. The van der Waals surface area contributed by atoms with Crippen LogP contribution in [0.2, 0.25) is 0 Å². The Morgan fingerprint density at radius 1 is 1.07 bits per heavy atom. The van der Waals surface area contributed by atoms with Crippen LogP contribution >= 0.6 is 0 Å². The van der Waals surface area contributed by atoms with Crippen molar-refractivity contribution < 1.29 is 19.4 Å². The van der Waals surface area contributed by atoms with E-state index < -0.39 is 18.0 Å². The Labute approximate surface area is 159 Å². The van der Waals surface area contributed by atoms with Crippen molar-refractivity contribution in [1.82, 2.24) is 5.32 Å². The summed E-state index contributed by atoms with van der Waals surface area (Å²) < 4.78 is 5.44. The van der Waals surface area contributed by atoms with Crippen molar-refractivity contribution in [2.45, 2.75) is 26.2 Å². The minimum absolute atomic E-state index is 0.00649. The van der Waals surface area contributed by atoms with Crippen LogP contribution in [0.15, 0.2) is 48.5 Å². The van der Waals surface area contributed by atoms with E-state index in [2.05, 4.69) is 29.6 Å². The maximum Gasteiger partial charge on any atom is 0.407 e. The van der Waals surface area contributed by atoms with Gasteiger partial charge in [-0.2, -0.15) is 0 Å². The summed E-state index contributed by atoms with van der Waals surface area (Å²) in [5.41, 5.74) is 4.64. The molecule has 2 atom stereocenters. The second-order valence-corrected chi connectivity index (χ2v) is 7.04. The highest BCUT2D eigenvalue weighted by atomic mass is 16.5. The molecule has 0 spiro atoms. The zero-order valence-corrected chi connectivity index (χ0v) is 15.6. The second-order valence-electron chi connectivity index (χ2n) is 7.04. The van der Waals surface area contributed by atoms with Gasteiger partial charge in [-0.05, 0) is 28.2 Å². The van der Waals surface area contributed by atoms with Gasteiger partial charge in [-0.1, -0.05) is 68.8 Å². The first-order valence-electron chi connectivity index (χ1n) is 9.34. The van der Waals surface area contributed by atoms with Crippen molar-refractivity contribution in [2.24, 2.45) is 11.8 Å². The van der Waals surface area contributed by atoms with E-state index in [4.69, 9.17) is 4.74 Å². The topological polar surface area (TPSA) is 75.6 Å². The Balaban J connectivity index is 1.63. The van der Waals surface area contributed by atoms with Gasteiger partial charge in [-0.3, -0.25) is 4.79 Å². The van der Waals surface area contributed by atoms with Crippen LogP contribution in [0.1, 0.15) is 37.3 Å². The Morgan fingerprint density at radius 2 is 1.63 bits per heavy atom. The number of carboxylic acid groups (broad SMARTS) is 1. The molecule has 2 aromatic rings. The van der Waals surface area contributed by atoms with Gasteiger partial charge in [0.25, 0.3) is 0 Å². The summed E-state index contributed by atoms with van der Waals surface area (Å²) in [6.45, 7) is 4.11. The van der Waals surface area contributed by atoms with Crippen LogP contribution in [0.5, 0.6) is 0 Å². The predicted molar refractivity (Wildman–Crippen MR) is 104 cm³/mol. The number of ether oxygens (including phenoxy) is 1. The van der Waals surface area contributed by atoms with Gasteiger partial charge < -0.3 is 15.2 Å². The molecule has 5 nitrogen and oxygen atoms in total. The van der Waals surface area contributed by atoms with Gasteiger partial charge in [-0.25, -0.2) is 4.79 Å². The zero-order chi connectivity index (χ0) is 19.4. The highest BCUT2D eigenvalue weighted by molar-refractivity contribution is 5.79. The molecular formula is C22H25NO4. The Morgan fingerprint density at radius 3 is 2.15 bits per heavy atom. The van der Waals surface area contributed by atoms with Crippen molar-refractivity contribution >= 4 is 12.1 Å². The summed E-state index contributed by atoms with van der Waals surface area (Å²) in [6, 6.07) is 16.3. The monoisotopic (exact) mass is 367 g/mol. The standard InChI is InChI=1S/C22H25NO4/c1-3-14(2)19(21(24)25)12-23-22(26)27-13-20-17-10-6-4-8-15(17)16-9-5-7-11-18(16)20/h4-11,14,19-20H,3,12-13H2,1-2H3,(H,23,26)(H,24,25)/t14-,19+/m0/s1. The summed E-state index contributed by atoms with van der Waals surface area (Å²) in [6.07, 6.45) is 0.162. The molecule has 2 N–H and O–H groups in total. The van der Waals surface area contributed by atoms with Crippen molar-refractivity contribution in [1.29, 1.82) is 0 Å². The number of rotatable bonds is 7. The Hall–Kier alpha value is -2.82. The first kappa shape index (κ1) is 19.0. The van der Waals surface area contributed by atoms with Crippen LogP contribution in [0.25, 0.3) is 11.1 Å². The van der Waals surface area contributed by atoms with Gasteiger partial charge in [0.2, 0.25) is 0 Å². The molecule has 0 aromatic heterocycles. The lowest BCUT2D eigenvalue weighted by Gasteiger charge is -2.19. The maximum atomic E-state index is 12.1. The fourth-order valence-electron chi connectivity index (χ4n) is 3.66. The molecule has 2 aromatic carbocycles.